The van der Waals surface area contributed by atoms with E-state index in [0.717, 1.165) is 0 Å². The van der Waals surface area contributed by atoms with Crippen LogP contribution in [0.3, 0.4) is 0 Å². The molecule has 3 aliphatic rings. The van der Waals surface area contributed by atoms with Crippen LogP contribution in [0.15, 0.2) is 0 Å². The Labute approximate surface area is 163 Å². The van der Waals surface area contributed by atoms with Crippen LogP contribution in [0.25, 0.3) is 0 Å². The van der Waals surface area contributed by atoms with Crippen LogP contribution in [0.1, 0.15) is 65.6 Å². The first-order valence-electron chi connectivity index (χ1n) is 9.64. The van der Waals surface area contributed by atoms with Gasteiger partial charge in [0.1, 0.15) is 12.2 Å². The van der Waals surface area contributed by atoms with Gasteiger partial charge in [-0.25, -0.2) is 8.42 Å². The van der Waals surface area contributed by atoms with E-state index in [1.54, 1.807) is 6.92 Å². The van der Waals surface area contributed by atoms with Gasteiger partial charge >= 0.3 is 0 Å². The third-order valence-corrected chi connectivity index (χ3v) is 9.07. The molecular formula is C18H24N4O5S. The molecule has 28 heavy (non-hydrogen) atoms. The first kappa shape index (κ1) is 19.1. The molecule has 0 saturated heterocycles. The summed E-state index contributed by atoms with van der Waals surface area (Å²) in [6.07, 6.45) is 3.19. The number of carbonyl (C=O) groups is 3. The number of sulfone groups is 1. The van der Waals surface area contributed by atoms with Crippen molar-refractivity contribution >= 4 is 27.4 Å². The van der Waals surface area contributed by atoms with Gasteiger partial charge < -0.3 is 10.6 Å². The second kappa shape index (κ2) is 6.40. The summed E-state index contributed by atoms with van der Waals surface area (Å²) in [4.78, 5) is 38.3. The smallest absolute Gasteiger partial charge is 0.272 e. The Morgan fingerprint density at radius 2 is 1.96 bits per heavy atom. The third-order valence-electron chi connectivity index (χ3n) is 5.98. The lowest BCUT2D eigenvalue weighted by molar-refractivity contribution is -0.119. The van der Waals surface area contributed by atoms with Gasteiger partial charge in [-0.3, -0.25) is 19.1 Å². The van der Waals surface area contributed by atoms with Crippen molar-refractivity contribution in [1.29, 1.82) is 0 Å². The Morgan fingerprint density at radius 3 is 2.50 bits per heavy atom. The predicted molar refractivity (Wildman–Crippen MR) is 99.6 cm³/mol. The molecule has 1 aliphatic heterocycles. The molecule has 9 nitrogen and oxygen atoms in total. The molecule has 1 aromatic rings. The average molecular weight is 408 g/mol. The highest BCUT2D eigenvalue weighted by molar-refractivity contribution is 7.94. The van der Waals surface area contributed by atoms with Crippen molar-refractivity contribution in [2.75, 3.05) is 13.1 Å². The summed E-state index contributed by atoms with van der Waals surface area (Å²) in [5.41, 5.74) is 6.05. The van der Waals surface area contributed by atoms with Gasteiger partial charge in [-0.05, 0) is 32.1 Å². The SMILES string of the molecule is CCC(=O)Cn1nc(C(N)=O)c2c1C(=O)N(CC1(S(=O)(=O)C3CC3)CC1)CC2. The molecule has 0 radical (unpaired) electrons. The minimum absolute atomic E-state index is 0.0126. The van der Waals surface area contributed by atoms with E-state index in [9.17, 15) is 22.8 Å². The molecule has 152 valence electrons. The lowest BCUT2D eigenvalue weighted by atomic mass is 10.0. The molecule has 10 heteroatoms. The Bertz CT molecular complexity index is 972. The van der Waals surface area contributed by atoms with E-state index in [1.165, 1.54) is 9.58 Å². The normalized spacial score (nSPS) is 20.8. The predicted octanol–water partition coefficient (Wildman–Crippen LogP) is 0.0692. The Morgan fingerprint density at radius 1 is 1.29 bits per heavy atom. The highest BCUT2D eigenvalue weighted by Crippen LogP contribution is 2.50. The number of Topliss-reactive ketones (excluding diaryl/α,β-unsaturated/α-hetero) is 1. The number of ketones is 1. The fraction of sp³-hybridized carbons (Fsp3) is 0.667. The van der Waals surface area contributed by atoms with Gasteiger partial charge in [0.2, 0.25) is 0 Å². The number of fused-ring (bicyclic) bond motifs is 1. The van der Waals surface area contributed by atoms with Crippen LogP contribution in [0.2, 0.25) is 0 Å². The van der Waals surface area contributed by atoms with Gasteiger partial charge in [0, 0.05) is 25.1 Å². The minimum atomic E-state index is -3.24. The molecule has 0 spiro atoms. The van der Waals surface area contributed by atoms with Crippen molar-refractivity contribution < 1.29 is 22.8 Å². The van der Waals surface area contributed by atoms with Crippen LogP contribution in [-0.4, -0.2) is 63.8 Å². The topological polar surface area (TPSA) is 132 Å². The van der Waals surface area contributed by atoms with Gasteiger partial charge in [-0.1, -0.05) is 6.92 Å². The number of hydrogen-bond acceptors (Lipinski definition) is 6. The lowest BCUT2D eigenvalue weighted by Crippen LogP contribution is -2.47. The Hall–Kier alpha value is -2.23. The van der Waals surface area contributed by atoms with E-state index < -0.39 is 20.5 Å². The van der Waals surface area contributed by atoms with Crippen molar-refractivity contribution in [3.8, 4) is 0 Å². The van der Waals surface area contributed by atoms with E-state index in [2.05, 4.69) is 5.10 Å². The number of primary amides is 1. The highest BCUT2D eigenvalue weighted by Gasteiger charge is 2.60. The zero-order chi connectivity index (χ0) is 20.3. The summed E-state index contributed by atoms with van der Waals surface area (Å²) < 4.78 is 26.0. The van der Waals surface area contributed by atoms with Crippen LogP contribution < -0.4 is 5.73 Å². The quantitative estimate of drug-likeness (QED) is 0.647. The van der Waals surface area contributed by atoms with Crippen LogP contribution in [0.4, 0.5) is 0 Å². The van der Waals surface area contributed by atoms with Crippen molar-refractivity contribution in [2.24, 2.45) is 5.73 Å². The number of aromatic nitrogens is 2. The first-order chi connectivity index (χ1) is 13.2. The summed E-state index contributed by atoms with van der Waals surface area (Å²) >= 11 is 0. The fourth-order valence-corrected chi connectivity index (χ4v) is 6.44. The van der Waals surface area contributed by atoms with Crippen molar-refractivity contribution in [2.45, 2.75) is 62.0 Å². The number of nitrogens with zero attached hydrogens (tertiary/aromatic N) is 3. The maximum absolute atomic E-state index is 13.2. The lowest BCUT2D eigenvalue weighted by Gasteiger charge is -2.31. The van der Waals surface area contributed by atoms with E-state index in [0.29, 0.717) is 44.2 Å². The third kappa shape index (κ3) is 2.94. The summed E-state index contributed by atoms with van der Waals surface area (Å²) in [5, 5.41) is 3.85. The number of nitrogens with two attached hydrogens (primary N) is 1. The van der Waals surface area contributed by atoms with Gasteiger partial charge in [0.15, 0.2) is 21.3 Å². The Kier molecular flexibility index (Phi) is 4.36. The molecule has 4 rings (SSSR count). The summed E-state index contributed by atoms with van der Waals surface area (Å²) in [6, 6.07) is 0. The zero-order valence-electron chi connectivity index (χ0n) is 15.8. The minimum Gasteiger partial charge on any atom is -0.364 e. The monoisotopic (exact) mass is 408 g/mol. The largest absolute Gasteiger partial charge is 0.364 e. The molecule has 0 bridgehead atoms. The van der Waals surface area contributed by atoms with Gasteiger partial charge in [0.05, 0.1) is 10.00 Å². The second-order valence-electron chi connectivity index (χ2n) is 7.99. The molecule has 2 amide bonds. The van der Waals surface area contributed by atoms with E-state index >= 15 is 0 Å². The van der Waals surface area contributed by atoms with E-state index in [1.807, 2.05) is 0 Å². The summed E-state index contributed by atoms with van der Waals surface area (Å²) in [5.74, 6) is -1.25. The van der Waals surface area contributed by atoms with Crippen LogP contribution in [0, 0.1) is 0 Å². The number of amides is 2. The molecule has 2 aliphatic carbocycles. The molecule has 2 fully saturated rings. The van der Waals surface area contributed by atoms with Crippen LogP contribution >= 0.6 is 0 Å². The number of rotatable bonds is 8. The summed E-state index contributed by atoms with van der Waals surface area (Å²) in [6.45, 7) is 2.06. The molecule has 0 unspecified atom stereocenters. The highest BCUT2D eigenvalue weighted by atomic mass is 32.2. The standard InChI is InChI=1S/C18H24N4O5S/c1-2-11(23)9-22-15-13(14(20-22)16(19)24)5-8-21(17(15)25)10-18(6-7-18)28(26,27)12-3-4-12/h12H,2-10H2,1H3,(H2,19,24). The van der Waals surface area contributed by atoms with Crippen LogP contribution in [-0.2, 0) is 27.6 Å². The molecule has 0 aromatic carbocycles. The molecule has 2 N–H and O–H groups in total. The maximum Gasteiger partial charge on any atom is 0.272 e. The zero-order valence-corrected chi connectivity index (χ0v) is 16.6. The maximum atomic E-state index is 13.2. The summed E-state index contributed by atoms with van der Waals surface area (Å²) in [7, 11) is -3.24. The second-order valence-corrected chi connectivity index (χ2v) is 10.6. The molecule has 2 heterocycles. The molecule has 1 aromatic heterocycles. The molecule has 0 atom stereocenters. The molecule has 2 saturated carbocycles. The van der Waals surface area contributed by atoms with Gasteiger partial charge in [-0.2, -0.15) is 5.10 Å². The van der Waals surface area contributed by atoms with E-state index in [-0.39, 0.29) is 47.8 Å². The Balaban J connectivity index is 1.64. The van der Waals surface area contributed by atoms with Crippen molar-refractivity contribution in [3.63, 3.8) is 0 Å². The van der Waals surface area contributed by atoms with E-state index in [4.69, 9.17) is 5.73 Å². The molecular weight excluding hydrogens is 384 g/mol. The first-order valence-corrected chi connectivity index (χ1v) is 11.2. The van der Waals surface area contributed by atoms with Gasteiger partial charge in [0.25, 0.3) is 11.8 Å². The van der Waals surface area contributed by atoms with Crippen molar-refractivity contribution in [1.82, 2.24) is 14.7 Å². The van der Waals surface area contributed by atoms with Crippen molar-refractivity contribution in [3.05, 3.63) is 17.0 Å². The average Bonchev–Trinajstić information content (AvgIpc) is 3.55. The van der Waals surface area contributed by atoms with Gasteiger partial charge in [-0.15, -0.1) is 0 Å². The number of hydrogen-bond donors (Lipinski definition) is 1. The fourth-order valence-electron chi connectivity index (χ4n) is 3.97. The number of carbonyl (C=O) groups excluding carboxylic acids is 3. The van der Waals surface area contributed by atoms with Crippen LogP contribution in [0.5, 0.6) is 0 Å².